The summed E-state index contributed by atoms with van der Waals surface area (Å²) in [5, 5.41) is 16.2. The summed E-state index contributed by atoms with van der Waals surface area (Å²) in [6.07, 6.45) is 1.16. The number of carbonyl (C=O) groups is 1. The summed E-state index contributed by atoms with van der Waals surface area (Å²) < 4.78 is 4.35. The average Bonchev–Trinajstić information content (AvgIpc) is 2.03. The highest BCUT2D eigenvalue weighted by Gasteiger charge is 2.16. The lowest BCUT2D eigenvalue weighted by Crippen LogP contribution is -2.13. The molecule has 4 heteroatoms. The van der Waals surface area contributed by atoms with E-state index in [9.17, 15) is 4.79 Å². The second-order valence-corrected chi connectivity index (χ2v) is 2.07. The van der Waals surface area contributed by atoms with Crippen molar-refractivity contribution in [1.82, 2.24) is 0 Å². The molecule has 0 fully saturated rings. The molecule has 0 unspecified atom stereocenters. The fourth-order valence-electron chi connectivity index (χ4n) is 0.657. The van der Waals surface area contributed by atoms with E-state index in [4.69, 9.17) is 10.5 Å². The number of nitrogens with one attached hydrogen (secondary N) is 1. The summed E-state index contributed by atoms with van der Waals surface area (Å²) in [6, 6.07) is 0. The molecule has 0 amide bonds. The van der Waals surface area contributed by atoms with Crippen LogP contribution < -0.4 is 0 Å². The average molecular weight is 169 g/mol. The molecule has 2 N–H and O–H groups in total. The zero-order chi connectivity index (χ0) is 9.72. The highest BCUT2D eigenvalue weighted by atomic mass is 16.5. The first-order valence-electron chi connectivity index (χ1n) is 3.24. The number of aliphatic hydroxyl groups excluding tert-OH is 1. The Bertz CT molecular complexity index is 249. The molecule has 66 valence electrons. The molecule has 0 aliphatic carbocycles. The van der Waals surface area contributed by atoms with E-state index in [1.165, 1.54) is 14.0 Å². The highest BCUT2D eigenvalue weighted by Crippen LogP contribution is 2.05. The first-order chi connectivity index (χ1) is 5.54. The molecule has 0 aliphatic heterocycles. The fourth-order valence-corrected chi connectivity index (χ4v) is 0.657. The Kier molecular flexibility index (Phi) is 3.76. The van der Waals surface area contributed by atoms with Crippen LogP contribution >= 0.6 is 0 Å². The van der Waals surface area contributed by atoms with Crippen LogP contribution in [0.2, 0.25) is 0 Å². The number of allylic oxidation sites excluding steroid dienone is 2. The molecule has 4 nitrogen and oxygen atoms in total. The molecule has 0 aliphatic rings. The molecule has 0 spiro atoms. The second kappa shape index (κ2) is 4.33. The topological polar surface area (TPSA) is 70.4 Å². The van der Waals surface area contributed by atoms with Crippen LogP contribution in [-0.4, -0.2) is 23.9 Å². The summed E-state index contributed by atoms with van der Waals surface area (Å²) in [6.45, 7) is 4.61. The molecule has 0 aromatic carbocycles. The Morgan fingerprint density at radius 3 is 2.42 bits per heavy atom. The van der Waals surface area contributed by atoms with E-state index in [0.717, 1.165) is 6.08 Å². The summed E-state index contributed by atoms with van der Waals surface area (Å²) in [7, 11) is 1.18. The molecule has 0 rings (SSSR count). The number of rotatable bonds is 3. The smallest absolute Gasteiger partial charge is 0.343 e. The number of hydrogen-bond acceptors (Lipinski definition) is 4. The van der Waals surface area contributed by atoms with Gasteiger partial charge in [0, 0.05) is 0 Å². The minimum atomic E-state index is -0.736. The van der Waals surface area contributed by atoms with Gasteiger partial charge in [0.05, 0.1) is 12.8 Å². The fraction of sp³-hybridized carbons (Fsp3) is 0.250. The van der Waals surface area contributed by atoms with E-state index in [1.54, 1.807) is 0 Å². The van der Waals surface area contributed by atoms with Crippen molar-refractivity contribution in [3.63, 3.8) is 0 Å². The Hall–Kier alpha value is -1.58. The lowest BCUT2D eigenvalue weighted by Gasteiger charge is -2.03. The predicted octanol–water partition coefficient (Wildman–Crippen LogP) is 1.20. The number of hydrogen-bond donors (Lipinski definition) is 2. The molecule has 0 radical (unpaired) electrons. The van der Waals surface area contributed by atoms with Crippen LogP contribution in [0, 0.1) is 5.41 Å². The predicted molar refractivity (Wildman–Crippen MR) is 45.3 cm³/mol. The van der Waals surface area contributed by atoms with Gasteiger partial charge < -0.3 is 9.84 Å². The van der Waals surface area contributed by atoms with Crippen molar-refractivity contribution in [2.45, 2.75) is 6.92 Å². The number of esters is 1. The normalized spacial score (nSPS) is 11.5. The van der Waals surface area contributed by atoms with Crippen molar-refractivity contribution in [2.24, 2.45) is 0 Å². The van der Waals surface area contributed by atoms with Crippen LogP contribution in [0.4, 0.5) is 0 Å². The summed E-state index contributed by atoms with van der Waals surface area (Å²) in [5.74, 6) is -0.980. The van der Waals surface area contributed by atoms with Gasteiger partial charge in [-0.2, -0.15) is 0 Å². The van der Waals surface area contributed by atoms with Gasteiger partial charge in [0.1, 0.15) is 11.3 Å². The maximum atomic E-state index is 10.9. The van der Waals surface area contributed by atoms with Crippen molar-refractivity contribution in [3.8, 4) is 0 Å². The second-order valence-electron chi connectivity index (χ2n) is 2.07. The highest BCUT2D eigenvalue weighted by molar-refractivity contribution is 6.23. The first kappa shape index (κ1) is 10.4. The van der Waals surface area contributed by atoms with Crippen LogP contribution in [0.15, 0.2) is 24.0 Å². The van der Waals surface area contributed by atoms with Gasteiger partial charge in [0.25, 0.3) is 0 Å². The standard InChI is InChI=1S/C8H11NO3/c1-4-6(9)7(5(2)10)8(11)12-3/h4,9-10H,1H2,2-3H3/b7-5+,9-6?. The quantitative estimate of drug-likeness (QED) is 0.288. The summed E-state index contributed by atoms with van der Waals surface area (Å²) >= 11 is 0. The summed E-state index contributed by atoms with van der Waals surface area (Å²) in [5.41, 5.74) is -0.311. The van der Waals surface area contributed by atoms with Gasteiger partial charge in [-0.05, 0) is 13.0 Å². The molecule has 0 bridgehead atoms. The van der Waals surface area contributed by atoms with Crippen LogP contribution in [0.25, 0.3) is 0 Å². The van der Waals surface area contributed by atoms with Gasteiger partial charge in [-0.15, -0.1) is 0 Å². The maximum absolute atomic E-state index is 10.9. The number of carbonyl (C=O) groups excluding carboxylic acids is 1. The molecule has 0 aromatic heterocycles. The van der Waals surface area contributed by atoms with E-state index in [1.807, 2.05) is 0 Å². The largest absolute Gasteiger partial charge is 0.512 e. The molecular formula is C8H11NO3. The van der Waals surface area contributed by atoms with Crippen molar-refractivity contribution in [3.05, 3.63) is 24.0 Å². The maximum Gasteiger partial charge on any atom is 0.343 e. The minimum Gasteiger partial charge on any atom is -0.512 e. The number of aliphatic hydroxyl groups is 1. The molecule has 0 heterocycles. The molecule has 12 heavy (non-hydrogen) atoms. The molecular weight excluding hydrogens is 158 g/mol. The third-order valence-corrected chi connectivity index (χ3v) is 1.22. The molecule has 0 atom stereocenters. The van der Waals surface area contributed by atoms with Crippen molar-refractivity contribution in [2.75, 3.05) is 7.11 Å². The Labute approximate surface area is 70.7 Å². The lowest BCUT2D eigenvalue weighted by molar-refractivity contribution is -0.135. The van der Waals surface area contributed by atoms with Gasteiger partial charge in [0.2, 0.25) is 0 Å². The Balaban J connectivity index is 4.95. The zero-order valence-electron chi connectivity index (χ0n) is 7.05. The third kappa shape index (κ3) is 2.23. The third-order valence-electron chi connectivity index (χ3n) is 1.22. The van der Waals surface area contributed by atoms with E-state index in [-0.39, 0.29) is 17.0 Å². The van der Waals surface area contributed by atoms with Gasteiger partial charge in [-0.3, -0.25) is 5.41 Å². The van der Waals surface area contributed by atoms with Gasteiger partial charge in [-0.1, -0.05) is 6.58 Å². The van der Waals surface area contributed by atoms with E-state index >= 15 is 0 Å². The van der Waals surface area contributed by atoms with Crippen molar-refractivity contribution in [1.29, 1.82) is 5.41 Å². The van der Waals surface area contributed by atoms with Crippen LogP contribution in [0.5, 0.6) is 0 Å². The van der Waals surface area contributed by atoms with Gasteiger partial charge in [0.15, 0.2) is 0 Å². The van der Waals surface area contributed by atoms with Gasteiger partial charge in [-0.25, -0.2) is 4.79 Å². The Morgan fingerprint density at radius 1 is 1.67 bits per heavy atom. The number of ether oxygens (including phenoxy) is 1. The van der Waals surface area contributed by atoms with Crippen molar-refractivity contribution >= 4 is 11.7 Å². The van der Waals surface area contributed by atoms with E-state index in [2.05, 4.69) is 11.3 Å². The van der Waals surface area contributed by atoms with Gasteiger partial charge >= 0.3 is 5.97 Å². The van der Waals surface area contributed by atoms with Crippen molar-refractivity contribution < 1.29 is 14.6 Å². The minimum absolute atomic E-state index is 0.151. The molecule has 0 saturated carbocycles. The van der Waals surface area contributed by atoms with Crippen LogP contribution in [0.3, 0.4) is 0 Å². The molecule has 0 aromatic rings. The van der Waals surface area contributed by atoms with Crippen LogP contribution in [-0.2, 0) is 9.53 Å². The Morgan fingerprint density at radius 2 is 2.17 bits per heavy atom. The molecule has 0 saturated heterocycles. The SMILES string of the molecule is C=CC(=N)/C(C(=O)OC)=C(/C)O. The lowest BCUT2D eigenvalue weighted by atomic mass is 10.1. The van der Waals surface area contributed by atoms with E-state index in [0.29, 0.717) is 0 Å². The van der Waals surface area contributed by atoms with E-state index < -0.39 is 5.97 Å². The monoisotopic (exact) mass is 169 g/mol. The zero-order valence-corrected chi connectivity index (χ0v) is 7.05. The first-order valence-corrected chi connectivity index (χ1v) is 3.24. The van der Waals surface area contributed by atoms with Crippen LogP contribution in [0.1, 0.15) is 6.92 Å². The number of methoxy groups -OCH3 is 1. The summed E-state index contributed by atoms with van der Waals surface area (Å²) in [4.78, 5) is 10.9.